The summed E-state index contributed by atoms with van der Waals surface area (Å²) in [7, 11) is 0. The summed E-state index contributed by atoms with van der Waals surface area (Å²) in [6.45, 7) is 11.7. The van der Waals surface area contributed by atoms with Gasteiger partial charge in [0.1, 0.15) is 0 Å². The molecule has 0 rings (SSSR count). The van der Waals surface area contributed by atoms with E-state index in [2.05, 4.69) is 13.2 Å². The number of aliphatic carboxylic acids is 1. The first kappa shape index (κ1) is 25.1. The summed E-state index contributed by atoms with van der Waals surface area (Å²) < 4.78 is 9.94. The molecular formula is C17H25NaO6. The van der Waals surface area contributed by atoms with Crippen molar-refractivity contribution in [3.05, 3.63) is 24.3 Å². The van der Waals surface area contributed by atoms with Crippen LogP contribution in [0, 0.1) is 5.41 Å². The molecule has 0 saturated carbocycles. The van der Waals surface area contributed by atoms with E-state index < -0.39 is 23.3 Å². The Morgan fingerprint density at radius 2 is 1.29 bits per heavy atom. The topological polar surface area (TPSA) is 92.7 Å². The minimum atomic E-state index is -1.24. The van der Waals surface area contributed by atoms with Gasteiger partial charge in [0, 0.05) is 22.5 Å². The number of rotatable bonds is 11. The third-order valence-electron chi connectivity index (χ3n) is 3.49. The number of hydrogen-bond donors (Lipinski definition) is 0. The second-order valence-electron chi connectivity index (χ2n) is 5.65. The van der Waals surface area contributed by atoms with E-state index >= 15 is 0 Å². The number of carboxylic acids is 1. The summed E-state index contributed by atoms with van der Waals surface area (Å²) in [4.78, 5) is 34.3. The van der Waals surface area contributed by atoms with E-state index in [1.165, 1.54) is 13.8 Å². The van der Waals surface area contributed by atoms with Crippen LogP contribution in [-0.4, -0.2) is 31.1 Å². The normalized spacial score (nSPS) is 10.3. The second-order valence-corrected chi connectivity index (χ2v) is 5.65. The van der Waals surface area contributed by atoms with Crippen LogP contribution in [0.4, 0.5) is 0 Å². The Hall–Kier alpha value is -1.11. The molecule has 7 heteroatoms. The number of carbonyl (C=O) groups is 3. The van der Waals surface area contributed by atoms with Gasteiger partial charge in [-0.25, -0.2) is 9.59 Å². The van der Waals surface area contributed by atoms with Crippen LogP contribution in [0.1, 0.15) is 46.5 Å². The van der Waals surface area contributed by atoms with Gasteiger partial charge in [-0.2, -0.15) is 0 Å². The Morgan fingerprint density at radius 1 is 0.917 bits per heavy atom. The van der Waals surface area contributed by atoms with Crippen molar-refractivity contribution in [1.29, 1.82) is 0 Å². The predicted octanol–water partition coefficient (Wildman–Crippen LogP) is -1.45. The van der Waals surface area contributed by atoms with Gasteiger partial charge in [0.15, 0.2) is 0 Å². The molecule has 6 nitrogen and oxygen atoms in total. The van der Waals surface area contributed by atoms with Gasteiger partial charge >= 0.3 is 41.5 Å². The van der Waals surface area contributed by atoms with Crippen molar-refractivity contribution >= 4 is 17.9 Å². The zero-order valence-corrected chi connectivity index (χ0v) is 17.1. The van der Waals surface area contributed by atoms with Crippen molar-refractivity contribution in [2.75, 3.05) is 13.2 Å². The third kappa shape index (κ3) is 8.66. The molecule has 0 amide bonds. The average molecular weight is 348 g/mol. The molecule has 0 fully saturated rings. The molecule has 0 bridgehead atoms. The summed E-state index contributed by atoms with van der Waals surface area (Å²) in [5.41, 5.74) is -0.718. The molecule has 0 aromatic heterocycles. The standard InChI is InChI=1S/C17H26O6.Na/c1-6-7-17(16(20)21,8-10-22-14(18)12(2)3)9-11-23-15(19)13(4)5;/h2,4,6-11H2,1,3,5H3,(H,20,21);/q;+1/p-1. The van der Waals surface area contributed by atoms with Crippen molar-refractivity contribution < 1.29 is 58.5 Å². The Morgan fingerprint density at radius 3 is 1.54 bits per heavy atom. The minimum Gasteiger partial charge on any atom is -0.550 e. The van der Waals surface area contributed by atoms with Crippen LogP contribution in [0.25, 0.3) is 0 Å². The number of carboxylic acid groups (broad SMARTS) is 1. The molecule has 24 heavy (non-hydrogen) atoms. The molecule has 0 N–H and O–H groups in total. The third-order valence-corrected chi connectivity index (χ3v) is 3.49. The maximum Gasteiger partial charge on any atom is 1.00 e. The van der Waals surface area contributed by atoms with E-state index in [9.17, 15) is 19.5 Å². The Balaban J connectivity index is 0. The summed E-state index contributed by atoms with van der Waals surface area (Å²) in [5, 5.41) is 11.6. The van der Waals surface area contributed by atoms with Gasteiger partial charge in [0.2, 0.25) is 0 Å². The molecular weight excluding hydrogens is 323 g/mol. The van der Waals surface area contributed by atoms with Gasteiger partial charge in [-0.1, -0.05) is 26.5 Å². The molecule has 0 aromatic rings. The zero-order valence-electron chi connectivity index (χ0n) is 15.1. The van der Waals surface area contributed by atoms with Crippen molar-refractivity contribution in [2.24, 2.45) is 5.41 Å². The molecule has 130 valence electrons. The van der Waals surface area contributed by atoms with Crippen LogP contribution in [-0.2, 0) is 23.9 Å². The van der Waals surface area contributed by atoms with Gasteiger partial charge in [-0.15, -0.1) is 0 Å². The van der Waals surface area contributed by atoms with Crippen LogP contribution < -0.4 is 34.7 Å². The molecule has 0 aromatic carbocycles. The van der Waals surface area contributed by atoms with Crippen molar-refractivity contribution in [1.82, 2.24) is 0 Å². The largest absolute Gasteiger partial charge is 1.00 e. The second kappa shape index (κ2) is 12.3. The summed E-state index contributed by atoms with van der Waals surface area (Å²) >= 11 is 0. The molecule has 0 aliphatic carbocycles. The van der Waals surface area contributed by atoms with Crippen LogP contribution in [0.15, 0.2) is 24.3 Å². The SMILES string of the molecule is C=C(C)C(=O)OCCC(CCC)(CCOC(=O)C(=C)C)C(=O)[O-].[Na+]. The molecule has 0 unspecified atom stereocenters. The molecule has 0 spiro atoms. The van der Waals surface area contributed by atoms with Crippen LogP contribution in [0.2, 0.25) is 0 Å². The van der Waals surface area contributed by atoms with Crippen LogP contribution in [0.5, 0.6) is 0 Å². The maximum absolute atomic E-state index is 11.6. The summed E-state index contributed by atoms with van der Waals surface area (Å²) in [6.07, 6.45) is 1.13. The zero-order chi connectivity index (χ0) is 18.0. The molecule has 0 saturated heterocycles. The Kier molecular flexibility index (Phi) is 12.9. The number of hydrogen-bond acceptors (Lipinski definition) is 6. The van der Waals surface area contributed by atoms with E-state index in [1.807, 2.05) is 6.92 Å². The van der Waals surface area contributed by atoms with Gasteiger partial charge in [-0.05, 0) is 33.1 Å². The molecule has 0 atom stereocenters. The summed E-state index contributed by atoms with van der Waals surface area (Å²) in [6, 6.07) is 0. The van der Waals surface area contributed by atoms with Gasteiger partial charge in [-0.3, -0.25) is 0 Å². The predicted molar refractivity (Wildman–Crippen MR) is 83.1 cm³/mol. The van der Waals surface area contributed by atoms with Crippen molar-refractivity contribution in [3.8, 4) is 0 Å². The fourth-order valence-corrected chi connectivity index (χ4v) is 2.08. The monoisotopic (exact) mass is 348 g/mol. The van der Waals surface area contributed by atoms with Crippen molar-refractivity contribution in [2.45, 2.75) is 46.5 Å². The number of carbonyl (C=O) groups excluding carboxylic acids is 3. The van der Waals surface area contributed by atoms with E-state index in [4.69, 9.17) is 9.47 Å². The maximum atomic E-state index is 11.6. The first-order chi connectivity index (χ1) is 10.7. The average Bonchev–Trinajstić information content (AvgIpc) is 2.46. The number of esters is 2. The van der Waals surface area contributed by atoms with E-state index in [1.54, 1.807) is 0 Å². The van der Waals surface area contributed by atoms with Gasteiger partial charge < -0.3 is 19.4 Å². The quantitative estimate of drug-likeness (QED) is 0.258. The van der Waals surface area contributed by atoms with Crippen LogP contribution >= 0.6 is 0 Å². The number of ether oxygens (including phenoxy) is 2. The molecule has 0 radical (unpaired) electrons. The smallest absolute Gasteiger partial charge is 0.550 e. The minimum absolute atomic E-state index is 0. The first-order valence-electron chi connectivity index (χ1n) is 7.53. The van der Waals surface area contributed by atoms with E-state index in [0.29, 0.717) is 12.8 Å². The van der Waals surface area contributed by atoms with E-state index in [-0.39, 0.29) is 66.8 Å². The molecule has 0 aliphatic heterocycles. The Bertz CT molecular complexity index is 451. The fourth-order valence-electron chi connectivity index (χ4n) is 2.08. The van der Waals surface area contributed by atoms with Gasteiger partial charge in [0.25, 0.3) is 0 Å². The molecule has 0 aliphatic rings. The summed E-state index contributed by atoms with van der Waals surface area (Å²) in [5.74, 6) is -2.37. The fraction of sp³-hybridized carbons (Fsp3) is 0.588. The first-order valence-corrected chi connectivity index (χ1v) is 7.53. The van der Waals surface area contributed by atoms with E-state index in [0.717, 1.165) is 0 Å². The Labute approximate surface area is 165 Å². The van der Waals surface area contributed by atoms with Crippen LogP contribution in [0.3, 0.4) is 0 Å². The van der Waals surface area contributed by atoms with Crippen molar-refractivity contribution in [3.63, 3.8) is 0 Å². The molecule has 0 heterocycles. The van der Waals surface area contributed by atoms with Gasteiger partial charge in [0.05, 0.1) is 13.2 Å².